The van der Waals surface area contributed by atoms with Crippen LogP contribution in [0.3, 0.4) is 0 Å². The smallest absolute Gasteiger partial charge is 0.183 e. The first-order valence-electron chi connectivity index (χ1n) is 3.98. The van der Waals surface area contributed by atoms with Crippen LogP contribution in [0.5, 0.6) is 0 Å². The van der Waals surface area contributed by atoms with Crippen molar-refractivity contribution in [2.75, 3.05) is 0 Å². The molecule has 0 amide bonds. The summed E-state index contributed by atoms with van der Waals surface area (Å²) < 4.78 is 5.46. The summed E-state index contributed by atoms with van der Waals surface area (Å²) in [5.41, 5.74) is 0.603. The Morgan fingerprint density at radius 1 is 1.20 bits per heavy atom. The Morgan fingerprint density at radius 2 is 2.13 bits per heavy atom. The average Bonchev–Trinajstić information content (AvgIpc) is 2.85. The molecule has 0 aliphatic carbocycles. The van der Waals surface area contributed by atoms with Crippen molar-refractivity contribution < 1.29 is 0 Å². The summed E-state index contributed by atoms with van der Waals surface area (Å²) in [4.78, 5) is 4.74. The number of halogens is 1. The van der Waals surface area contributed by atoms with Gasteiger partial charge < -0.3 is 0 Å². The quantitative estimate of drug-likeness (QED) is 0.639. The van der Waals surface area contributed by atoms with E-state index < -0.39 is 0 Å². The standard InChI is InChI=1S/C7H3ClN6S/c8-5-2-9-3-6-11-12-7(14(5)6)4-1-10-13-15-4/h1-3H. The molecule has 0 aromatic carbocycles. The fraction of sp³-hybridized carbons (Fsp3) is 0. The van der Waals surface area contributed by atoms with E-state index in [2.05, 4.69) is 24.8 Å². The van der Waals surface area contributed by atoms with E-state index in [4.69, 9.17) is 11.6 Å². The normalized spacial score (nSPS) is 11.0. The van der Waals surface area contributed by atoms with Gasteiger partial charge >= 0.3 is 0 Å². The highest BCUT2D eigenvalue weighted by Gasteiger charge is 2.12. The Bertz CT molecular complexity index is 603. The molecule has 0 saturated carbocycles. The molecule has 3 aromatic rings. The zero-order valence-corrected chi connectivity index (χ0v) is 8.77. The van der Waals surface area contributed by atoms with Gasteiger partial charge in [0.25, 0.3) is 0 Å². The van der Waals surface area contributed by atoms with Crippen molar-refractivity contribution >= 4 is 28.8 Å². The van der Waals surface area contributed by atoms with Crippen molar-refractivity contribution in [2.45, 2.75) is 0 Å². The van der Waals surface area contributed by atoms with Gasteiger partial charge in [0, 0.05) is 0 Å². The second-order valence-electron chi connectivity index (χ2n) is 2.73. The first-order valence-corrected chi connectivity index (χ1v) is 5.14. The van der Waals surface area contributed by atoms with Crippen LogP contribution >= 0.6 is 23.1 Å². The Kier molecular flexibility index (Phi) is 1.86. The SMILES string of the molecule is Clc1cncc2nnc(-c3cnns3)n12. The van der Waals surface area contributed by atoms with E-state index in [-0.39, 0.29) is 0 Å². The lowest BCUT2D eigenvalue weighted by Crippen LogP contribution is -1.90. The molecule has 0 aliphatic heterocycles. The molecule has 6 nitrogen and oxygen atoms in total. The topological polar surface area (TPSA) is 68.9 Å². The summed E-state index contributed by atoms with van der Waals surface area (Å²) in [6.45, 7) is 0. The fourth-order valence-electron chi connectivity index (χ4n) is 1.24. The highest BCUT2D eigenvalue weighted by atomic mass is 35.5. The largest absolute Gasteiger partial charge is 0.261 e. The average molecular weight is 239 g/mol. The van der Waals surface area contributed by atoms with E-state index in [1.807, 2.05) is 0 Å². The molecule has 15 heavy (non-hydrogen) atoms. The Balaban J connectivity index is 2.37. The Hall–Kier alpha value is -1.60. The minimum absolute atomic E-state index is 0.459. The lowest BCUT2D eigenvalue weighted by molar-refractivity contribution is 1.11. The number of aromatic nitrogens is 6. The third kappa shape index (κ3) is 1.28. The molecule has 0 saturated heterocycles. The van der Waals surface area contributed by atoms with Crippen molar-refractivity contribution in [3.05, 3.63) is 23.7 Å². The molecule has 0 spiro atoms. The molecule has 0 N–H and O–H groups in total. The van der Waals surface area contributed by atoms with Crippen LogP contribution in [0, 0.1) is 0 Å². The van der Waals surface area contributed by atoms with Gasteiger partial charge in [0.1, 0.15) is 10.0 Å². The zero-order chi connectivity index (χ0) is 10.3. The maximum absolute atomic E-state index is 6.00. The lowest BCUT2D eigenvalue weighted by Gasteiger charge is -1.97. The van der Waals surface area contributed by atoms with Gasteiger partial charge in [-0.1, -0.05) is 16.1 Å². The Morgan fingerprint density at radius 3 is 2.93 bits per heavy atom. The molecule has 0 aliphatic rings. The molecule has 0 bridgehead atoms. The number of fused-ring (bicyclic) bond motifs is 1. The third-order valence-corrected chi connectivity index (χ3v) is 2.78. The number of hydrogen-bond donors (Lipinski definition) is 0. The fourth-order valence-corrected chi connectivity index (χ4v) is 1.95. The van der Waals surface area contributed by atoms with Gasteiger partial charge in [-0.3, -0.25) is 9.38 Å². The van der Waals surface area contributed by atoms with Gasteiger partial charge in [-0.2, -0.15) is 0 Å². The minimum atomic E-state index is 0.459. The first-order chi connectivity index (χ1) is 7.36. The van der Waals surface area contributed by atoms with E-state index in [1.54, 1.807) is 16.8 Å². The first kappa shape index (κ1) is 8.69. The van der Waals surface area contributed by atoms with Crippen LogP contribution in [-0.4, -0.2) is 29.2 Å². The second kappa shape index (κ2) is 3.21. The van der Waals surface area contributed by atoms with Crippen molar-refractivity contribution in [3.8, 4) is 10.7 Å². The van der Waals surface area contributed by atoms with E-state index in [0.29, 0.717) is 16.6 Å². The second-order valence-corrected chi connectivity index (χ2v) is 3.90. The predicted molar refractivity (Wildman–Crippen MR) is 54.7 cm³/mol. The molecule has 74 valence electrons. The maximum Gasteiger partial charge on any atom is 0.183 e. The summed E-state index contributed by atoms with van der Waals surface area (Å²) in [5, 5.41) is 12.2. The third-order valence-electron chi connectivity index (χ3n) is 1.85. The zero-order valence-electron chi connectivity index (χ0n) is 7.20. The molecule has 0 fully saturated rings. The van der Waals surface area contributed by atoms with Crippen LogP contribution in [0.4, 0.5) is 0 Å². The van der Waals surface area contributed by atoms with Gasteiger partial charge in [-0.05, 0) is 11.5 Å². The molecule has 3 heterocycles. The van der Waals surface area contributed by atoms with Crippen LogP contribution in [0.15, 0.2) is 18.6 Å². The van der Waals surface area contributed by atoms with E-state index in [9.17, 15) is 0 Å². The molecule has 3 aromatic heterocycles. The highest BCUT2D eigenvalue weighted by molar-refractivity contribution is 7.09. The summed E-state index contributed by atoms with van der Waals surface area (Å²) in [6, 6.07) is 0. The van der Waals surface area contributed by atoms with Crippen molar-refractivity contribution in [1.82, 2.24) is 29.2 Å². The molecule has 0 atom stereocenters. The summed E-state index contributed by atoms with van der Waals surface area (Å²) in [6.07, 6.45) is 4.75. The highest BCUT2D eigenvalue weighted by Crippen LogP contribution is 2.22. The Labute approximate surface area is 92.7 Å². The number of nitrogens with zero attached hydrogens (tertiary/aromatic N) is 6. The van der Waals surface area contributed by atoms with E-state index in [0.717, 1.165) is 4.88 Å². The predicted octanol–water partition coefficient (Wildman–Crippen LogP) is 1.30. The van der Waals surface area contributed by atoms with Crippen LogP contribution in [0.1, 0.15) is 0 Å². The molecule has 8 heteroatoms. The van der Waals surface area contributed by atoms with Gasteiger partial charge in [0.05, 0.1) is 18.6 Å². The molecular weight excluding hydrogens is 236 g/mol. The van der Waals surface area contributed by atoms with E-state index in [1.165, 1.54) is 17.7 Å². The van der Waals surface area contributed by atoms with Crippen molar-refractivity contribution in [2.24, 2.45) is 0 Å². The van der Waals surface area contributed by atoms with Gasteiger partial charge in [0.15, 0.2) is 11.5 Å². The number of rotatable bonds is 1. The van der Waals surface area contributed by atoms with Gasteiger partial charge in [-0.25, -0.2) is 0 Å². The summed E-state index contributed by atoms with van der Waals surface area (Å²) in [7, 11) is 0. The van der Waals surface area contributed by atoms with Crippen molar-refractivity contribution in [3.63, 3.8) is 0 Å². The number of hydrogen-bond acceptors (Lipinski definition) is 6. The maximum atomic E-state index is 6.00. The van der Waals surface area contributed by atoms with Crippen LogP contribution < -0.4 is 0 Å². The van der Waals surface area contributed by atoms with Crippen molar-refractivity contribution in [1.29, 1.82) is 0 Å². The molecule has 3 rings (SSSR count). The minimum Gasteiger partial charge on any atom is -0.261 e. The monoisotopic (exact) mass is 238 g/mol. The summed E-state index contributed by atoms with van der Waals surface area (Å²) in [5.74, 6) is 0.632. The summed E-state index contributed by atoms with van der Waals surface area (Å²) >= 11 is 7.25. The lowest BCUT2D eigenvalue weighted by atomic mass is 10.5. The van der Waals surface area contributed by atoms with Crippen LogP contribution in [-0.2, 0) is 0 Å². The van der Waals surface area contributed by atoms with Crippen LogP contribution in [0.25, 0.3) is 16.3 Å². The van der Waals surface area contributed by atoms with Gasteiger partial charge in [0.2, 0.25) is 0 Å². The van der Waals surface area contributed by atoms with Crippen LogP contribution in [0.2, 0.25) is 5.15 Å². The van der Waals surface area contributed by atoms with E-state index >= 15 is 0 Å². The van der Waals surface area contributed by atoms with Gasteiger partial charge in [-0.15, -0.1) is 15.3 Å². The molecular formula is C7H3ClN6S. The molecule has 0 unspecified atom stereocenters. The molecule has 0 radical (unpaired) electrons.